The van der Waals surface area contributed by atoms with Gasteiger partial charge in [-0.25, -0.2) is 0 Å². The van der Waals surface area contributed by atoms with E-state index in [0.29, 0.717) is 23.3 Å². The molecule has 1 saturated heterocycles. The fourth-order valence-corrected chi connectivity index (χ4v) is 4.45. The summed E-state index contributed by atoms with van der Waals surface area (Å²) in [6.07, 6.45) is 2.92. The van der Waals surface area contributed by atoms with E-state index in [-0.39, 0.29) is 11.9 Å². The molecule has 1 aromatic heterocycles. The van der Waals surface area contributed by atoms with Gasteiger partial charge < -0.3 is 10.6 Å². The van der Waals surface area contributed by atoms with Crippen LogP contribution in [0.3, 0.4) is 0 Å². The Hall–Kier alpha value is -1.36. The molecule has 3 nitrogen and oxygen atoms in total. The van der Waals surface area contributed by atoms with Crippen LogP contribution in [0.1, 0.15) is 42.7 Å². The van der Waals surface area contributed by atoms with Crippen LogP contribution >= 0.6 is 22.9 Å². The first-order valence-electron chi connectivity index (χ1n) is 8.92. The summed E-state index contributed by atoms with van der Waals surface area (Å²) in [4.78, 5) is 13.8. The van der Waals surface area contributed by atoms with Gasteiger partial charge in [0.1, 0.15) is 0 Å². The molecule has 1 fully saturated rings. The Morgan fingerprint density at radius 2 is 2.00 bits per heavy atom. The third-order valence-electron chi connectivity index (χ3n) is 5.03. The van der Waals surface area contributed by atoms with Crippen molar-refractivity contribution in [3.63, 3.8) is 0 Å². The molecule has 134 valence electrons. The van der Waals surface area contributed by atoms with Gasteiger partial charge in [0, 0.05) is 16.3 Å². The van der Waals surface area contributed by atoms with Crippen LogP contribution in [0.2, 0.25) is 5.02 Å². The Bertz CT molecular complexity index is 666. The van der Waals surface area contributed by atoms with E-state index < -0.39 is 0 Å². The molecule has 2 atom stereocenters. The zero-order valence-electron chi connectivity index (χ0n) is 14.5. The van der Waals surface area contributed by atoms with Crippen molar-refractivity contribution >= 4 is 28.8 Å². The predicted molar refractivity (Wildman–Crippen MR) is 105 cm³/mol. The molecule has 25 heavy (non-hydrogen) atoms. The van der Waals surface area contributed by atoms with Crippen molar-refractivity contribution in [3.8, 4) is 0 Å². The summed E-state index contributed by atoms with van der Waals surface area (Å²) in [7, 11) is 0. The summed E-state index contributed by atoms with van der Waals surface area (Å²) in [5.74, 6) is 1.18. The van der Waals surface area contributed by atoms with Crippen LogP contribution in [0.25, 0.3) is 0 Å². The molecule has 0 aliphatic carbocycles. The first kappa shape index (κ1) is 18.4. The van der Waals surface area contributed by atoms with E-state index in [1.807, 2.05) is 35.7 Å². The minimum atomic E-state index is -0.106. The number of halogens is 1. The first-order chi connectivity index (χ1) is 12.1. The van der Waals surface area contributed by atoms with Gasteiger partial charge in [-0.15, -0.1) is 11.3 Å². The number of piperidine rings is 1. The van der Waals surface area contributed by atoms with E-state index in [1.165, 1.54) is 12.8 Å². The van der Waals surface area contributed by atoms with E-state index in [9.17, 15) is 4.79 Å². The van der Waals surface area contributed by atoms with Gasteiger partial charge in [-0.1, -0.05) is 36.7 Å². The highest BCUT2D eigenvalue weighted by molar-refractivity contribution is 7.10. The zero-order chi connectivity index (χ0) is 17.6. The van der Waals surface area contributed by atoms with Crippen LogP contribution < -0.4 is 10.6 Å². The number of hydrogen-bond acceptors (Lipinski definition) is 3. The average Bonchev–Trinajstić information content (AvgIpc) is 3.15. The van der Waals surface area contributed by atoms with Crippen LogP contribution in [-0.2, 0) is 4.79 Å². The Balaban J connectivity index is 1.67. The number of rotatable bonds is 6. The van der Waals surface area contributed by atoms with Crippen molar-refractivity contribution in [3.05, 3.63) is 57.2 Å². The van der Waals surface area contributed by atoms with Gasteiger partial charge in [0.15, 0.2) is 0 Å². The quantitative estimate of drug-likeness (QED) is 0.771. The van der Waals surface area contributed by atoms with Crippen molar-refractivity contribution in [2.45, 2.75) is 32.2 Å². The molecule has 2 aromatic rings. The minimum Gasteiger partial charge on any atom is -0.344 e. The monoisotopic (exact) mass is 376 g/mol. The van der Waals surface area contributed by atoms with Crippen molar-refractivity contribution < 1.29 is 4.79 Å². The molecule has 5 heteroatoms. The van der Waals surface area contributed by atoms with Crippen molar-refractivity contribution in [2.24, 2.45) is 11.8 Å². The molecule has 0 spiro atoms. The van der Waals surface area contributed by atoms with Crippen molar-refractivity contribution in [1.29, 1.82) is 0 Å². The highest BCUT2D eigenvalue weighted by atomic mass is 35.5. The number of hydrogen-bond donors (Lipinski definition) is 2. The molecule has 0 saturated carbocycles. The number of carbonyl (C=O) groups excluding carboxylic acids is 1. The maximum atomic E-state index is 12.7. The summed E-state index contributed by atoms with van der Waals surface area (Å²) < 4.78 is 0. The lowest BCUT2D eigenvalue weighted by Crippen LogP contribution is -2.34. The molecular weight excluding hydrogens is 352 g/mol. The summed E-state index contributed by atoms with van der Waals surface area (Å²) in [5.41, 5.74) is 1.06. The molecule has 0 bridgehead atoms. The largest absolute Gasteiger partial charge is 0.344 e. The lowest BCUT2D eigenvalue weighted by Gasteiger charge is -2.28. The van der Waals surface area contributed by atoms with Gasteiger partial charge in [-0.3, -0.25) is 4.79 Å². The normalized spacial score (nSPS) is 17.8. The third-order valence-corrected chi connectivity index (χ3v) is 6.22. The topological polar surface area (TPSA) is 41.1 Å². The van der Waals surface area contributed by atoms with E-state index in [2.05, 4.69) is 23.6 Å². The van der Waals surface area contributed by atoms with Crippen LogP contribution in [0.15, 0.2) is 41.8 Å². The van der Waals surface area contributed by atoms with Crippen LogP contribution in [0.4, 0.5) is 0 Å². The van der Waals surface area contributed by atoms with Gasteiger partial charge in [0.25, 0.3) is 0 Å². The van der Waals surface area contributed by atoms with Gasteiger partial charge >= 0.3 is 0 Å². The van der Waals surface area contributed by atoms with Gasteiger partial charge in [0.2, 0.25) is 5.91 Å². The number of amides is 1. The summed E-state index contributed by atoms with van der Waals surface area (Å²) >= 11 is 7.68. The second kappa shape index (κ2) is 8.84. The summed E-state index contributed by atoms with van der Waals surface area (Å²) in [5, 5.41) is 9.38. The number of carbonyl (C=O) groups is 1. The van der Waals surface area contributed by atoms with Crippen molar-refractivity contribution in [2.75, 3.05) is 13.1 Å². The Kier molecular flexibility index (Phi) is 6.51. The maximum Gasteiger partial charge on any atom is 0.221 e. The summed E-state index contributed by atoms with van der Waals surface area (Å²) in [6, 6.07) is 11.7. The second-order valence-electron chi connectivity index (χ2n) is 6.84. The lowest BCUT2D eigenvalue weighted by molar-refractivity contribution is -0.122. The molecule has 0 radical (unpaired) electrons. The number of thiophene rings is 1. The first-order valence-corrected chi connectivity index (χ1v) is 10.2. The molecule has 2 N–H and O–H groups in total. The maximum absolute atomic E-state index is 12.7. The molecule has 2 unspecified atom stereocenters. The van der Waals surface area contributed by atoms with Gasteiger partial charge in [-0.05, 0) is 66.9 Å². The Morgan fingerprint density at radius 3 is 2.64 bits per heavy atom. The van der Waals surface area contributed by atoms with E-state index in [0.717, 1.165) is 23.5 Å². The fraction of sp³-hybridized carbons (Fsp3) is 0.450. The smallest absolute Gasteiger partial charge is 0.221 e. The van der Waals surface area contributed by atoms with Crippen molar-refractivity contribution in [1.82, 2.24) is 10.6 Å². The summed E-state index contributed by atoms with van der Waals surface area (Å²) in [6.45, 7) is 4.34. The van der Waals surface area contributed by atoms with Crippen LogP contribution in [0, 0.1) is 11.8 Å². The predicted octanol–water partition coefficient (Wildman–Crippen LogP) is 4.63. The lowest BCUT2D eigenvalue weighted by atomic mass is 9.84. The van der Waals surface area contributed by atoms with E-state index >= 15 is 0 Å². The van der Waals surface area contributed by atoms with Crippen LogP contribution in [-0.4, -0.2) is 19.0 Å². The number of benzene rings is 1. The van der Waals surface area contributed by atoms with Gasteiger partial charge in [-0.2, -0.15) is 0 Å². The standard InChI is InChI=1S/C20H25ClN2OS/c1-14(15-8-10-22-11-9-15)13-19(24)23-20(18-3-2-12-25-18)16-4-6-17(21)7-5-16/h2-7,12,14-15,20,22H,8-11,13H2,1H3,(H,23,24). The van der Waals surface area contributed by atoms with Crippen LogP contribution in [0.5, 0.6) is 0 Å². The van der Waals surface area contributed by atoms with Gasteiger partial charge in [0.05, 0.1) is 6.04 Å². The second-order valence-corrected chi connectivity index (χ2v) is 8.25. The molecule has 1 amide bonds. The average molecular weight is 377 g/mol. The molecular formula is C20H25ClN2OS. The Labute approximate surface area is 158 Å². The highest BCUT2D eigenvalue weighted by Gasteiger charge is 2.24. The fourth-order valence-electron chi connectivity index (χ4n) is 3.52. The Morgan fingerprint density at radius 1 is 1.28 bits per heavy atom. The molecule has 1 aromatic carbocycles. The molecule has 2 heterocycles. The van der Waals surface area contributed by atoms with E-state index in [1.54, 1.807) is 11.3 Å². The SMILES string of the molecule is CC(CC(=O)NC(c1ccc(Cl)cc1)c1cccs1)C1CCNCC1. The zero-order valence-corrected chi connectivity index (χ0v) is 16.1. The molecule has 3 rings (SSSR count). The molecule has 1 aliphatic rings. The third kappa shape index (κ3) is 5.06. The molecule has 1 aliphatic heterocycles. The van der Waals surface area contributed by atoms with E-state index in [4.69, 9.17) is 11.6 Å². The highest BCUT2D eigenvalue weighted by Crippen LogP contribution is 2.29. The number of nitrogens with one attached hydrogen (secondary N) is 2. The minimum absolute atomic E-state index is 0.106.